The van der Waals surface area contributed by atoms with E-state index in [0.29, 0.717) is 0 Å². The molecule has 0 aromatic heterocycles. The Morgan fingerprint density at radius 2 is 1.74 bits per heavy atom. The molecule has 2 N–H and O–H groups in total. The first-order chi connectivity index (χ1) is 9.29. The average molecular weight is 264 g/mol. The molecule has 0 aromatic carbocycles. The van der Waals surface area contributed by atoms with E-state index in [1.165, 1.54) is 64.3 Å². The van der Waals surface area contributed by atoms with Crippen LogP contribution in [0.2, 0.25) is 0 Å². The third-order valence-electron chi connectivity index (χ3n) is 6.23. The molecular formula is C17H32N2. The molecule has 2 saturated carbocycles. The van der Waals surface area contributed by atoms with Crippen molar-refractivity contribution >= 4 is 0 Å². The zero-order chi connectivity index (χ0) is 13.2. The third-order valence-corrected chi connectivity index (χ3v) is 6.23. The van der Waals surface area contributed by atoms with E-state index in [-0.39, 0.29) is 0 Å². The van der Waals surface area contributed by atoms with Crippen LogP contribution in [0.5, 0.6) is 0 Å². The number of nitrogens with two attached hydrogens (primary N) is 1. The minimum Gasteiger partial charge on any atom is -0.330 e. The Labute approximate surface area is 119 Å². The molecule has 1 saturated heterocycles. The predicted octanol–water partition coefficient (Wildman–Crippen LogP) is 3.40. The number of likely N-dealkylation sites (tertiary alicyclic amines) is 1. The molecule has 1 aliphatic heterocycles. The first-order valence-electron chi connectivity index (χ1n) is 8.75. The van der Waals surface area contributed by atoms with E-state index in [0.717, 1.165) is 36.4 Å². The van der Waals surface area contributed by atoms with Crippen molar-refractivity contribution in [3.8, 4) is 0 Å². The van der Waals surface area contributed by atoms with Crippen LogP contribution in [0.4, 0.5) is 0 Å². The fourth-order valence-corrected chi connectivity index (χ4v) is 5.17. The monoisotopic (exact) mass is 264 g/mol. The quantitative estimate of drug-likeness (QED) is 0.846. The molecule has 0 radical (unpaired) electrons. The standard InChI is InChI=1S/C17H32N2/c1-13-8-9-15(12-18)17(11-13)19-10-4-7-16(19)14-5-2-3-6-14/h13-17H,2-12,18H2,1H3. The molecule has 2 nitrogen and oxygen atoms in total. The summed E-state index contributed by atoms with van der Waals surface area (Å²) in [6.45, 7) is 4.71. The average Bonchev–Trinajstić information content (AvgIpc) is 3.09. The van der Waals surface area contributed by atoms with Crippen LogP contribution in [-0.2, 0) is 0 Å². The number of hydrogen-bond acceptors (Lipinski definition) is 2. The van der Waals surface area contributed by atoms with E-state index in [1.807, 2.05) is 0 Å². The highest BCUT2D eigenvalue weighted by molar-refractivity contribution is 4.95. The van der Waals surface area contributed by atoms with Gasteiger partial charge in [-0.25, -0.2) is 0 Å². The van der Waals surface area contributed by atoms with Gasteiger partial charge in [-0.05, 0) is 69.4 Å². The van der Waals surface area contributed by atoms with Gasteiger partial charge in [-0.1, -0.05) is 26.2 Å². The van der Waals surface area contributed by atoms with E-state index in [4.69, 9.17) is 5.73 Å². The Kier molecular flexibility index (Phi) is 4.48. The SMILES string of the molecule is CC1CCC(CN)C(N2CCCC2C2CCCC2)C1. The lowest BCUT2D eigenvalue weighted by Crippen LogP contribution is -2.50. The number of hydrogen-bond donors (Lipinski definition) is 1. The van der Waals surface area contributed by atoms with Crippen molar-refractivity contribution in [3.05, 3.63) is 0 Å². The second kappa shape index (κ2) is 6.13. The maximum Gasteiger partial charge on any atom is 0.0141 e. The molecule has 0 amide bonds. The second-order valence-electron chi connectivity index (χ2n) is 7.47. The van der Waals surface area contributed by atoms with E-state index in [2.05, 4.69) is 11.8 Å². The maximum atomic E-state index is 6.08. The Morgan fingerprint density at radius 3 is 2.47 bits per heavy atom. The molecule has 2 aliphatic carbocycles. The van der Waals surface area contributed by atoms with Crippen LogP contribution in [0.3, 0.4) is 0 Å². The van der Waals surface area contributed by atoms with E-state index in [9.17, 15) is 0 Å². The minimum atomic E-state index is 0.776. The highest BCUT2D eigenvalue weighted by atomic mass is 15.2. The molecule has 3 fully saturated rings. The molecule has 2 heteroatoms. The van der Waals surface area contributed by atoms with Gasteiger partial charge in [0.25, 0.3) is 0 Å². The molecule has 0 aromatic rings. The van der Waals surface area contributed by atoms with Crippen LogP contribution in [-0.4, -0.2) is 30.1 Å². The van der Waals surface area contributed by atoms with E-state index < -0.39 is 0 Å². The van der Waals surface area contributed by atoms with Gasteiger partial charge in [-0.15, -0.1) is 0 Å². The summed E-state index contributed by atoms with van der Waals surface area (Å²) >= 11 is 0. The molecular weight excluding hydrogens is 232 g/mol. The molecule has 4 unspecified atom stereocenters. The Hall–Kier alpha value is -0.0800. The summed E-state index contributed by atoms with van der Waals surface area (Å²) in [5, 5.41) is 0. The highest BCUT2D eigenvalue weighted by Gasteiger charge is 2.40. The van der Waals surface area contributed by atoms with E-state index >= 15 is 0 Å². The number of rotatable bonds is 3. The van der Waals surface area contributed by atoms with Crippen LogP contribution in [0.25, 0.3) is 0 Å². The van der Waals surface area contributed by atoms with Crippen molar-refractivity contribution in [1.29, 1.82) is 0 Å². The van der Waals surface area contributed by atoms with Crippen LogP contribution in [0.1, 0.15) is 64.7 Å². The Bertz CT molecular complexity index is 285. The minimum absolute atomic E-state index is 0.776. The molecule has 3 aliphatic rings. The van der Waals surface area contributed by atoms with Crippen LogP contribution < -0.4 is 5.73 Å². The van der Waals surface area contributed by atoms with Gasteiger partial charge in [-0.2, -0.15) is 0 Å². The zero-order valence-corrected chi connectivity index (χ0v) is 12.7. The van der Waals surface area contributed by atoms with Gasteiger partial charge in [0.15, 0.2) is 0 Å². The van der Waals surface area contributed by atoms with Crippen LogP contribution in [0, 0.1) is 17.8 Å². The van der Waals surface area contributed by atoms with Gasteiger partial charge in [0.1, 0.15) is 0 Å². The highest BCUT2D eigenvalue weighted by Crippen LogP contribution is 2.40. The molecule has 19 heavy (non-hydrogen) atoms. The number of nitrogens with zero attached hydrogens (tertiary/aromatic N) is 1. The summed E-state index contributed by atoms with van der Waals surface area (Å²) in [4.78, 5) is 2.92. The molecule has 4 atom stereocenters. The van der Waals surface area contributed by atoms with Crippen molar-refractivity contribution in [2.45, 2.75) is 76.8 Å². The van der Waals surface area contributed by atoms with Crippen molar-refractivity contribution in [1.82, 2.24) is 4.90 Å². The molecule has 0 bridgehead atoms. The van der Waals surface area contributed by atoms with E-state index in [1.54, 1.807) is 0 Å². The largest absolute Gasteiger partial charge is 0.330 e. The third kappa shape index (κ3) is 2.85. The van der Waals surface area contributed by atoms with Crippen molar-refractivity contribution < 1.29 is 0 Å². The lowest BCUT2D eigenvalue weighted by Gasteiger charge is -2.44. The van der Waals surface area contributed by atoms with Gasteiger partial charge in [0.2, 0.25) is 0 Å². The normalized spacial score (nSPS) is 42.0. The summed E-state index contributed by atoms with van der Waals surface area (Å²) in [7, 11) is 0. The smallest absolute Gasteiger partial charge is 0.0141 e. The zero-order valence-electron chi connectivity index (χ0n) is 12.7. The molecule has 1 heterocycles. The first kappa shape index (κ1) is 13.9. The Morgan fingerprint density at radius 1 is 0.947 bits per heavy atom. The topological polar surface area (TPSA) is 29.3 Å². The van der Waals surface area contributed by atoms with Crippen LogP contribution in [0.15, 0.2) is 0 Å². The molecule has 110 valence electrons. The van der Waals surface area contributed by atoms with Gasteiger partial charge >= 0.3 is 0 Å². The fraction of sp³-hybridized carbons (Fsp3) is 1.00. The summed E-state index contributed by atoms with van der Waals surface area (Å²) in [6.07, 6.45) is 13.0. The lowest BCUT2D eigenvalue weighted by atomic mass is 9.77. The van der Waals surface area contributed by atoms with Crippen LogP contribution >= 0.6 is 0 Å². The van der Waals surface area contributed by atoms with Gasteiger partial charge in [-0.3, -0.25) is 4.90 Å². The first-order valence-corrected chi connectivity index (χ1v) is 8.75. The maximum absolute atomic E-state index is 6.08. The molecule has 3 rings (SSSR count). The summed E-state index contributed by atoms with van der Waals surface area (Å²) in [5.74, 6) is 2.70. The van der Waals surface area contributed by atoms with Gasteiger partial charge in [0.05, 0.1) is 0 Å². The fourth-order valence-electron chi connectivity index (χ4n) is 5.17. The van der Waals surface area contributed by atoms with Gasteiger partial charge in [0, 0.05) is 12.1 Å². The summed E-state index contributed by atoms with van der Waals surface area (Å²) < 4.78 is 0. The summed E-state index contributed by atoms with van der Waals surface area (Å²) in [5.41, 5.74) is 6.08. The molecule has 0 spiro atoms. The second-order valence-corrected chi connectivity index (χ2v) is 7.47. The van der Waals surface area contributed by atoms with Crippen molar-refractivity contribution in [2.24, 2.45) is 23.5 Å². The predicted molar refractivity (Wildman–Crippen MR) is 81.0 cm³/mol. The Balaban J connectivity index is 1.70. The van der Waals surface area contributed by atoms with Crippen molar-refractivity contribution in [2.75, 3.05) is 13.1 Å². The van der Waals surface area contributed by atoms with Gasteiger partial charge < -0.3 is 5.73 Å². The lowest BCUT2D eigenvalue weighted by molar-refractivity contribution is 0.0549. The van der Waals surface area contributed by atoms with Crippen molar-refractivity contribution in [3.63, 3.8) is 0 Å². The summed E-state index contributed by atoms with van der Waals surface area (Å²) in [6, 6.07) is 1.72.